The third kappa shape index (κ3) is 5.08. The molecular formula is C15H20Cl2F4N2. The van der Waals surface area contributed by atoms with Crippen LogP contribution < -0.4 is 5.32 Å². The second-order valence-electron chi connectivity index (χ2n) is 5.34. The van der Waals surface area contributed by atoms with Crippen LogP contribution in [-0.4, -0.2) is 31.1 Å². The van der Waals surface area contributed by atoms with Crippen LogP contribution in [0.25, 0.3) is 0 Å². The molecule has 1 aromatic carbocycles. The highest BCUT2D eigenvalue weighted by Crippen LogP contribution is 2.33. The Hall–Kier alpha value is -0.820. The van der Waals surface area contributed by atoms with E-state index >= 15 is 0 Å². The minimum Gasteiger partial charge on any atom is -0.314 e. The molecule has 0 aromatic heterocycles. The van der Waals surface area contributed by atoms with Crippen molar-refractivity contribution in [3.05, 3.63) is 47.1 Å². The van der Waals surface area contributed by atoms with E-state index in [9.17, 15) is 17.6 Å². The van der Waals surface area contributed by atoms with Crippen LogP contribution in [0.15, 0.2) is 18.2 Å². The molecule has 0 spiro atoms. The zero-order chi connectivity index (χ0) is 15.6. The summed E-state index contributed by atoms with van der Waals surface area (Å²) >= 11 is 0. The fourth-order valence-corrected chi connectivity index (χ4v) is 2.62. The van der Waals surface area contributed by atoms with Crippen LogP contribution in [0, 0.1) is 23.3 Å². The molecule has 1 heterocycles. The van der Waals surface area contributed by atoms with E-state index in [-0.39, 0.29) is 37.3 Å². The number of piperazine rings is 1. The van der Waals surface area contributed by atoms with E-state index in [4.69, 9.17) is 0 Å². The Morgan fingerprint density at radius 2 is 1.61 bits per heavy atom. The first kappa shape index (κ1) is 22.2. The van der Waals surface area contributed by atoms with Gasteiger partial charge in [-0.1, -0.05) is 5.57 Å². The number of hydrogen-bond acceptors (Lipinski definition) is 2. The highest BCUT2D eigenvalue weighted by Gasteiger charge is 2.30. The molecule has 1 atom stereocenters. The van der Waals surface area contributed by atoms with Crippen molar-refractivity contribution in [3.8, 4) is 0 Å². The zero-order valence-corrected chi connectivity index (χ0v) is 14.3. The molecule has 0 amide bonds. The first-order chi connectivity index (χ1) is 9.91. The van der Waals surface area contributed by atoms with E-state index < -0.39 is 34.9 Å². The predicted octanol–water partition coefficient (Wildman–Crippen LogP) is 4.00. The molecule has 1 N–H and O–H groups in total. The maximum Gasteiger partial charge on any atom is 0.166 e. The molecule has 1 aliphatic heterocycles. The van der Waals surface area contributed by atoms with Crippen LogP contribution in [0.2, 0.25) is 0 Å². The molecule has 0 bridgehead atoms. The van der Waals surface area contributed by atoms with Crippen LogP contribution >= 0.6 is 24.8 Å². The largest absolute Gasteiger partial charge is 0.314 e. The van der Waals surface area contributed by atoms with Gasteiger partial charge in [-0.15, -0.1) is 31.4 Å². The van der Waals surface area contributed by atoms with Gasteiger partial charge < -0.3 is 5.32 Å². The second-order valence-corrected chi connectivity index (χ2v) is 5.34. The lowest BCUT2D eigenvalue weighted by Gasteiger charge is -2.35. The zero-order valence-electron chi connectivity index (χ0n) is 12.7. The van der Waals surface area contributed by atoms with Crippen LogP contribution in [0.3, 0.4) is 0 Å². The minimum atomic E-state index is -1.37. The number of halogens is 6. The van der Waals surface area contributed by atoms with Crippen molar-refractivity contribution in [2.75, 3.05) is 26.2 Å². The van der Waals surface area contributed by atoms with Crippen molar-refractivity contribution in [1.29, 1.82) is 0 Å². The number of nitrogens with one attached hydrogen (secondary N) is 1. The Morgan fingerprint density at radius 1 is 1.13 bits per heavy atom. The van der Waals surface area contributed by atoms with E-state index in [0.717, 1.165) is 0 Å². The van der Waals surface area contributed by atoms with E-state index in [1.54, 1.807) is 6.92 Å². The Labute approximate surface area is 145 Å². The van der Waals surface area contributed by atoms with E-state index in [1.165, 1.54) is 0 Å². The van der Waals surface area contributed by atoms with Crippen molar-refractivity contribution in [2.45, 2.75) is 19.4 Å². The molecule has 1 aliphatic rings. The first-order valence-electron chi connectivity index (χ1n) is 6.84. The first-order valence-corrected chi connectivity index (χ1v) is 6.84. The summed E-state index contributed by atoms with van der Waals surface area (Å²) in [5.74, 6) is -5.38. The smallest absolute Gasteiger partial charge is 0.166 e. The van der Waals surface area contributed by atoms with E-state index in [0.29, 0.717) is 31.8 Å². The van der Waals surface area contributed by atoms with Crippen molar-refractivity contribution in [2.24, 2.45) is 0 Å². The summed E-state index contributed by atoms with van der Waals surface area (Å²) in [6.07, 6.45) is 0.247. The average Bonchev–Trinajstić information content (AvgIpc) is 2.45. The van der Waals surface area contributed by atoms with Gasteiger partial charge in [0.2, 0.25) is 0 Å². The van der Waals surface area contributed by atoms with Gasteiger partial charge in [-0.05, 0) is 13.3 Å². The van der Waals surface area contributed by atoms with Gasteiger partial charge in [-0.3, -0.25) is 4.90 Å². The van der Waals surface area contributed by atoms with Crippen molar-refractivity contribution in [1.82, 2.24) is 10.2 Å². The molecule has 0 aliphatic carbocycles. The predicted molar refractivity (Wildman–Crippen MR) is 87.4 cm³/mol. The topological polar surface area (TPSA) is 15.3 Å². The SMILES string of the molecule is C=C(C)C[C@@H](c1c(F)c(F)cc(F)c1F)N1CCNCC1.Cl.Cl. The third-order valence-corrected chi connectivity index (χ3v) is 3.61. The fraction of sp³-hybridized carbons (Fsp3) is 0.467. The average molecular weight is 375 g/mol. The Balaban J connectivity index is 0.00000242. The van der Waals surface area contributed by atoms with Crippen LogP contribution in [-0.2, 0) is 0 Å². The molecule has 8 heteroatoms. The Bertz CT molecular complexity index is 523. The molecule has 1 fully saturated rings. The summed E-state index contributed by atoms with van der Waals surface area (Å²) in [5, 5.41) is 3.13. The standard InChI is InChI=1S/C15H18F4N2.2ClH/c1-9(2)7-12(21-5-3-20-4-6-21)13-14(18)10(16)8-11(17)15(13)19;;/h8,12,20H,1,3-7H2,2H3;2*1H/t12-;;/m0../s1. The lowest BCUT2D eigenvalue weighted by atomic mass is 9.96. The number of hydrogen-bond donors (Lipinski definition) is 1. The summed E-state index contributed by atoms with van der Waals surface area (Å²) in [6.45, 7) is 7.89. The van der Waals surface area contributed by atoms with Gasteiger partial charge in [0.15, 0.2) is 23.3 Å². The normalized spacial score (nSPS) is 16.2. The van der Waals surface area contributed by atoms with Gasteiger partial charge in [0.05, 0.1) is 0 Å². The third-order valence-electron chi connectivity index (χ3n) is 3.61. The summed E-state index contributed by atoms with van der Waals surface area (Å²) < 4.78 is 55.0. The van der Waals surface area contributed by atoms with Crippen molar-refractivity contribution in [3.63, 3.8) is 0 Å². The molecular weight excluding hydrogens is 355 g/mol. The molecule has 1 saturated heterocycles. The number of rotatable bonds is 4. The van der Waals surface area contributed by atoms with Crippen LogP contribution in [0.1, 0.15) is 24.9 Å². The molecule has 1 aromatic rings. The van der Waals surface area contributed by atoms with Gasteiger partial charge in [-0.25, -0.2) is 17.6 Å². The molecule has 2 nitrogen and oxygen atoms in total. The molecule has 0 saturated carbocycles. The van der Waals surface area contributed by atoms with Gasteiger partial charge in [0.25, 0.3) is 0 Å². The summed E-state index contributed by atoms with van der Waals surface area (Å²) in [7, 11) is 0. The van der Waals surface area contributed by atoms with Gasteiger partial charge >= 0.3 is 0 Å². The Kier molecular flexibility index (Phi) is 9.13. The minimum absolute atomic E-state index is 0. The van der Waals surface area contributed by atoms with Crippen LogP contribution in [0.4, 0.5) is 17.6 Å². The number of nitrogens with zero attached hydrogens (tertiary/aromatic N) is 1. The van der Waals surface area contributed by atoms with Crippen molar-refractivity contribution >= 4 is 24.8 Å². The van der Waals surface area contributed by atoms with Gasteiger partial charge in [0, 0.05) is 43.9 Å². The molecule has 0 unspecified atom stereocenters. The highest BCUT2D eigenvalue weighted by molar-refractivity contribution is 5.85. The lowest BCUT2D eigenvalue weighted by molar-refractivity contribution is 0.164. The maximum absolute atomic E-state index is 14.0. The van der Waals surface area contributed by atoms with Gasteiger partial charge in [-0.2, -0.15) is 0 Å². The number of benzene rings is 1. The quantitative estimate of drug-likeness (QED) is 0.486. The Morgan fingerprint density at radius 3 is 2.04 bits per heavy atom. The lowest BCUT2D eigenvalue weighted by Crippen LogP contribution is -2.45. The molecule has 132 valence electrons. The summed E-state index contributed by atoms with van der Waals surface area (Å²) in [4.78, 5) is 1.82. The van der Waals surface area contributed by atoms with Crippen LogP contribution in [0.5, 0.6) is 0 Å². The maximum atomic E-state index is 14.0. The molecule has 23 heavy (non-hydrogen) atoms. The van der Waals surface area contributed by atoms with E-state index in [2.05, 4.69) is 11.9 Å². The monoisotopic (exact) mass is 374 g/mol. The van der Waals surface area contributed by atoms with E-state index in [1.807, 2.05) is 4.90 Å². The summed E-state index contributed by atoms with van der Waals surface area (Å²) in [5.41, 5.74) is 0.152. The van der Waals surface area contributed by atoms with Gasteiger partial charge in [0.1, 0.15) is 0 Å². The summed E-state index contributed by atoms with van der Waals surface area (Å²) in [6, 6.07) is -0.515. The second kappa shape index (κ2) is 9.47. The molecule has 2 rings (SSSR count). The van der Waals surface area contributed by atoms with Crippen molar-refractivity contribution < 1.29 is 17.6 Å². The fourth-order valence-electron chi connectivity index (χ4n) is 2.62. The molecule has 0 radical (unpaired) electrons. The highest BCUT2D eigenvalue weighted by atomic mass is 35.5.